The zero-order chi connectivity index (χ0) is 13.2. The Balaban J connectivity index is 1.68. The normalized spacial score (nSPS) is 32.0. The lowest BCUT2D eigenvalue weighted by Crippen LogP contribution is -2.47. The Morgan fingerprint density at radius 2 is 2.21 bits per heavy atom. The number of ether oxygens (including phenoxy) is 1. The van der Waals surface area contributed by atoms with Crippen LogP contribution >= 0.6 is 0 Å². The number of hydrogen-bond acceptors (Lipinski definition) is 3. The molecule has 2 N–H and O–H groups in total. The number of benzene rings is 1. The summed E-state index contributed by atoms with van der Waals surface area (Å²) in [5.74, 6) is 0.590. The Labute approximate surface area is 115 Å². The average molecular weight is 260 g/mol. The quantitative estimate of drug-likeness (QED) is 0.883. The van der Waals surface area contributed by atoms with Crippen LogP contribution in [0, 0.1) is 5.92 Å². The van der Waals surface area contributed by atoms with E-state index in [0.29, 0.717) is 12.0 Å². The summed E-state index contributed by atoms with van der Waals surface area (Å²) in [6.07, 6.45) is 2.40. The minimum Gasteiger partial charge on any atom is -0.372 e. The molecule has 3 atom stereocenters. The predicted octanol–water partition coefficient (Wildman–Crippen LogP) is 1.97. The summed E-state index contributed by atoms with van der Waals surface area (Å²) in [7, 11) is 0. The summed E-state index contributed by atoms with van der Waals surface area (Å²) in [5.41, 5.74) is 8.94. The maximum Gasteiger partial charge on any atom is 0.0954 e. The molecule has 2 aliphatic rings. The summed E-state index contributed by atoms with van der Waals surface area (Å²) in [5, 5.41) is 0. The third kappa shape index (κ3) is 2.83. The van der Waals surface area contributed by atoms with Gasteiger partial charge < -0.3 is 15.4 Å². The average Bonchev–Trinajstić information content (AvgIpc) is 2.43. The zero-order valence-corrected chi connectivity index (χ0v) is 11.7. The summed E-state index contributed by atoms with van der Waals surface area (Å²) >= 11 is 0. The van der Waals surface area contributed by atoms with Crippen molar-refractivity contribution in [3.05, 3.63) is 35.4 Å². The second kappa shape index (κ2) is 5.61. The molecule has 0 saturated carbocycles. The van der Waals surface area contributed by atoms with Crippen LogP contribution in [0.1, 0.15) is 30.6 Å². The van der Waals surface area contributed by atoms with Gasteiger partial charge in [-0.1, -0.05) is 31.2 Å². The van der Waals surface area contributed by atoms with Crippen molar-refractivity contribution in [2.45, 2.75) is 31.9 Å². The molecule has 0 radical (unpaired) electrons. The van der Waals surface area contributed by atoms with E-state index in [9.17, 15) is 0 Å². The lowest BCUT2D eigenvalue weighted by Gasteiger charge is -2.38. The lowest BCUT2D eigenvalue weighted by atomic mass is 9.93. The molecule has 0 spiro atoms. The molecular weight excluding hydrogens is 236 g/mol. The van der Waals surface area contributed by atoms with Gasteiger partial charge in [-0.05, 0) is 36.4 Å². The van der Waals surface area contributed by atoms with Crippen LogP contribution in [0.4, 0.5) is 0 Å². The Bertz CT molecular complexity index is 435. The van der Waals surface area contributed by atoms with Gasteiger partial charge in [0.05, 0.1) is 12.7 Å². The maximum absolute atomic E-state index is 6.09. The van der Waals surface area contributed by atoms with Crippen molar-refractivity contribution >= 4 is 0 Å². The van der Waals surface area contributed by atoms with Crippen molar-refractivity contribution < 1.29 is 4.74 Å². The minimum absolute atomic E-state index is 0.242. The first-order valence-corrected chi connectivity index (χ1v) is 7.41. The maximum atomic E-state index is 6.09. The number of fused-ring (bicyclic) bond motifs is 1. The molecule has 3 unspecified atom stereocenters. The predicted molar refractivity (Wildman–Crippen MR) is 77.0 cm³/mol. The topological polar surface area (TPSA) is 38.5 Å². The molecule has 1 fully saturated rings. The first kappa shape index (κ1) is 13.1. The van der Waals surface area contributed by atoms with Gasteiger partial charge in [0, 0.05) is 19.1 Å². The van der Waals surface area contributed by atoms with Gasteiger partial charge in [-0.25, -0.2) is 0 Å². The van der Waals surface area contributed by atoms with Crippen molar-refractivity contribution in [1.82, 2.24) is 4.90 Å². The molecule has 0 aliphatic carbocycles. The van der Waals surface area contributed by atoms with Crippen molar-refractivity contribution in [2.75, 3.05) is 26.2 Å². The van der Waals surface area contributed by atoms with Crippen molar-refractivity contribution in [1.29, 1.82) is 0 Å². The first-order chi connectivity index (χ1) is 9.24. The highest BCUT2D eigenvalue weighted by molar-refractivity contribution is 5.31. The van der Waals surface area contributed by atoms with E-state index in [1.807, 2.05) is 0 Å². The van der Waals surface area contributed by atoms with Crippen LogP contribution in [0.15, 0.2) is 24.3 Å². The van der Waals surface area contributed by atoms with Crippen LogP contribution in [0.2, 0.25) is 0 Å². The molecule has 0 aromatic heterocycles. The van der Waals surface area contributed by atoms with E-state index in [-0.39, 0.29) is 6.10 Å². The third-order valence-corrected chi connectivity index (χ3v) is 4.57. The third-order valence-electron chi connectivity index (χ3n) is 4.57. The second-order valence-electron chi connectivity index (χ2n) is 6.00. The van der Waals surface area contributed by atoms with Gasteiger partial charge in [0.15, 0.2) is 0 Å². The van der Waals surface area contributed by atoms with E-state index in [1.54, 1.807) is 0 Å². The van der Waals surface area contributed by atoms with Gasteiger partial charge in [0.2, 0.25) is 0 Å². The van der Waals surface area contributed by atoms with Crippen molar-refractivity contribution in [3.63, 3.8) is 0 Å². The molecule has 2 heterocycles. The smallest absolute Gasteiger partial charge is 0.0954 e. The van der Waals surface area contributed by atoms with Crippen LogP contribution in [0.5, 0.6) is 0 Å². The molecule has 1 aromatic carbocycles. The van der Waals surface area contributed by atoms with Gasteiger partial charge >= 0.3 is 0 Å². The molecule has 0 amide bonds. The summed E-state index contributed by atoms with van der Waals surface area (Å²) < 4.78 is 6.00. The molecule has 1 aromatic rings. The van der Waals surface area contributed by atoms with E-state index >= 15 is 0 Å². The Morgan fingerprint density at radius 1 is 1.37 bits per heavy atom. The molecule has 3 rings (SSSR count). The van der Waals surface area contributed by atoms with E-state index in [4.69, 9.17) is 10.5 Å². The highest BCUT2D eigenvalue weighted by atomic mass is 16.5. The summed E-state index contributed by atoms with van der Waals surface area (Å²) in [4.78, 5) is 2.51. The largest absolute Gasteiger partial charge is 0.372 e. The molecule has 3 nitrogen and oxygen atoms in total. The monoisotopic (exact) mass is 260 g/mol. The van der Waals surface area contributed by atoms with Crippen LogP contribution in [-0.4, -0.2) is 37.2 Å². The number of nitrogens with zero attached hydrogens (tertiary/aromatic N) is 1. The highest BCUT2D eigenvalue weighted by Gasteiger charge is 2.27. The van der Waals surface area contributed by atoms with Crippen LogP contribution in [-0.2, 0) is 11.2 Å². The summed E-state index contributed by atoms with van der Waals surface area (Å²) in [6, 6.07) is 9.08. The molecular formula is C16H24N2O. The van der Waals surface area contributed by atoms with E-state index in [2.05, 4.69) is 36.1 Å². The number of rotatable bonds is 2. The summed E-state index contributed by atoms with van der Waals surface area (Å²) in [6.45, 7) is 6.32. The van der Waals surface area contributed by atoms with Crippen LogP contribution < -0.4 is 5.73 Å². The standard InChI is InChI=1S/C16H24N2O/c1-12-10-18(8-6-15(12)17)11-16-14-5-3-2-4-13(14)7-9-19-16/h2-5,12,15-16H,6-11,17H2,1H3. The molecule has 1 saturated heterocycles. The number of likely N-dealkylation sites (tertiary alicyclic amines) is 1. The van der Waals surface area contributed by atoms with Gasteiger partial charge in [-0.3, -0.25) is 0 Å². The Morgan fingerprint density at radius 3 is 3.05 bits per heavy atom. The van der Waals surface area contributed by atoms with E-state index in [1.165, 1.54) is 11.1 Å². The van der Waals surface area contributed by atoms with E-state index < -0.39 is 0 Å². The molecule has 104 valence electrons. The molecule has 19 heavy (non-hydrogen) atoms. The van der Waals surface area contributed by atoms with Crippen molar-refractivity contribution in [2.24, 2.45) is 11.7 Å². The fourth-order valence-corrected chi connectivity index (χ4v) is 3.28. The number of piperidine rings is 1. The first-order valence-electron chi connectivity index (χ1n) is 7.41. The molecule has 3 heteroatoms. The Hall–Kier alpha value is -0.900. The van der Waals surface area contributed by atoms with Crippen LogP contribution in [0.25, 0.3) is 0 Å². The van der Waals surface area contributed by atoms with Gasteiger partial charge in [0.25, 0.3) is 0 Å². The molecule has 2 aliphatic heterocycles. The number of nitrogens with two attached hydrogens (primary N) is 1. The number of hydrogen-bond donors (Lipinski definition) is 1. The van der Waals surface area contributed by atoms with E-state index in [0.717, 1.165) is 39.1 Å². The highest BCUT2D eigenvalue weighted by Crippen LogP contribution is 2.28. The van der Waals surface area contributed by atoms with Crippen LogP contribution in [0.3, 0.4) is 0 Å². The lowest BCUT2D eigenvalue weighted by molar-refractivity contribution is 0.00584. The van der Waals surface area contributed by atoms with Crippen molar-refractivity contribution in [3.8, 4) is 0 Å². The van der Waals surface area contributed by atoms with Gasteiger partial charge in [0.1, 0.15) is 0 Å². The minimum atomic E-state index is 0.242. The second-order valence-corrected chi connectivity index (χ2v) is 6.00. The zero-order valence-electron chi connectivity index (χ0n) is 11.7. The fraction of sp³-hybridized carbons (Fsp3) is 0.625. The SMILES string of the molecule is CC1CN(CC2OCCc3ccccc32)CCC1N. The fourth-order valence-electron chi connectivity index (χ4n) is 3.28. The van der Waals surface area contributed by atoms with Gasteiger partial charge in [-0.2, -0.15) is 0 Å². The Kier molecular flexibility index (Phi) is 3.87. The molecule has 0 bridgehead atoms. The van der Waals surface area contributed by atoms with Gasteiger partial charge in [-0.15, -0.1) is 0 Å².